The third-order valence-corrected chi connectivity index (χ3v) is 3.04. The van der Waals surface area contributed by atoms with Gasteiger partial charge in [0.2, 0.25) is 0 Å². The molecule has 21 heavy (non-hydrogen) atoms. The molecule has 0 saturated heterocycles. The van der Waals surface area contributed by atoms with Crippen LogP contribution >= 0.6 is 27.5 Å². The Bertz CT molecular complexity index is 672. The molecule has 0 spiro atoms. The second kappa shape index (κ2) is 5.98. The van der Waals surface area contributed by atoms with Crippen molar-refractivity contribution in [3.63, 3.8) is 0 Å². The fourth-order valence-electron chi connectivity index (χ4n) is 1.42. The number of hydrogen-bond donors (Lipinski definition) is 1. The van der Waals surface area contributed by atoms with Gasteiger partial charge in [0.15, 0.2) is 11.0 Å². The first-order valence-electron chi connectivity index (χ1n) is 5.36. The van der Waals surface area contributed by atoms with Crippen LogP contribution in [0.25, 0.3) is 0 Å². The highest BCUT2D eigenvalue weighted by atomic mass is 79.9. The van der Waals surface area contributed by atoms with Crippen LogP contribution in [0.15, 0.2) is 39.2 Å². The molecule has 2 rings (SSSR count). The Kier molecular flexibility index (Phi) is 4.48. The number of benzene rings is 1. The van der Waals surface area contributed by atoms with Crippen LogP contribution in [0.3, 0.4) is 0 Å². The molecule has 0 aliphatic rings. The topological polar surface area (TPSA) is 51.5 Å². The van der Waals surface area contributed by atoms with Crippen LogP contribution in [0.5, 0.6) is 5.75 Å². The molecule has 2 aromatic rings. The van der Waals surface area contributed by atoms with E-state index in [0.717, 1.165) is 6.07 Å². The summed E-state index contributed by atoms with van der Waals surface area (Å²) in [5.41, 5.74) is 0.258. The monoisotopic (exact) mass is 383 g/mol. The van der Waals surface area contributed by atoms with Crippen molar-refractivity contribution in [3.05, 3.63) is 45.8 Å². The van der Waals surface area contributed by atoms with E-state index in [-0.39, 0.29) is 21.1 Å². The van der Waals surface area contributed by atoms with Crippen LogP contribution in [0.4, 0.5) is 18.9 Å². The van der Waals surface area contributed by atoms with Crippen molar-refractivity contribution in [3.8, 4) is 5.75 Å². The van der Waals surface area contributed by atoms with Crippen LogP contribution in [0.2, 0.25) is 5.22 Å². The minimum absolute atomic E-state index is 0.0215. The lowest BCUT2D eigenvalue weighted by molar-refractivity contribution is -0.274. The van der Waals surface area contributed by atoms with Crippen LogP contribution in [0, 0.1) is 0 Å². The standard InChI is InChI=1S/C12H6BrClF3NO3/c13-7-5-6(1-2-8(7)21-12(15,16)17)18-11(19)9-3-4-10(14)20-9/h1-5H,(H,18,19). The van der Waals surface area contributed by atoms with E-state index >= 15 is 0 Å². The minimum Gasteiger partial charge on any atom is -0.440 e. The zero-order valence-corrected chi connectivity index (χ0v) is 12.3. The first kappa shape index (κ1) is 15.7. The quantitative estimate of drug-likeness (QED) is 0.823. The Hall–Kier alpha value is -1.67. The Morgan fingerprint density at radius 3 is 2.52 bits per heavy atom. The molecule has 0 aliphatic heterocycles. The highest BCUT2D eigenvalue weighted by Gasteiger charge is 2.32. The number of alkyl halides is 3. The lowest BCUT2D eigenvalue weighted by Crippen LogP contribution is -2.17. The molecular weight excluding hydrogens is 378 g/mol. The van der Waals surface area contributed by atoms with Crippen LogP contribution in [0.1, 0.15) is 10.6 Å². The largest absolute Gasteiger partial charge is 0.573 e. The van der Waals surface area contributed by atoms with E-state index in [2.05, 4.69) is 26.0 Å². The smallest absolute Gasteiger partial charge is 0.440 e. The van der Waals surface area contributed by atoms with Gasteiger partial charge in [-0.05, 0) is 57.9 Å². The van der Waals surface area contributed by atoms with E-state index in [4.69, 9.17) is 16.0 Å². The number of hydrogen-bond acceptors (Lipinski definition) is 3. The van der Waals surface area contributed by atoms with E-state index in [1.54, 1.807) is 0 Å². The summed E-state index contributed by atoms with van der Waals surface area (Å²) in [4.78, 5) is 11.8. The summed E-state index contributed by atoms with van der Waals surface area (Å²) in [6.45, 7) is 0. The fourth-order valence-corrected chi connectivity index (χ4v) is 2.02. The Labute approximate surface area is 130 Å². The molecule has 9 heteroatoms. The van der Waals surface area contributed by atoms with E-state index in [1.165, 1.54) is 24.3 Å². The molecule has 0 radical (unpaired) electrons. The van der Waals surface area contributed by atoms with Gasteiger partial charge in [-0.3, -0.25) is 4.79 Å². The maximum absolute atomic E-state index is 12.1. The Morgan fingerprint density at radius 1 is 1.29 bits per heavy atom. The summed E-state index contributed by atoms with van der Waals surface area (Å²) in [6, 6.07) is 6.36. The number of anilines is 1. The van der Waals surface area contributed by atoms with Crippen molar-refractivity contribution in [2.24, 2.45) is 0 Å². The number of rotatable bonds is 3. The van der Waals surface area contributed by atoms with Crippen molar-refractivity contribution in [1.82, 2.24) is 0 Å². The third kappa shape index (κ3) is 4.40. The van der Waals surface area contributed by atoms with Gasteiger partial charge in [-0.1, -0.05) is 0 Å². The first-order valence-corrected chi connectivity index (χ1v) is 6.54. The van der Waals surface area contributed by atoms with Gasteiger partial charge in [0.05, 0.1) is 4.47 Å². The highest BCUT2D eigenvalue weighted by molar-refractivity contribution is 9.10. The second-order valence-electron chi connectivity index (χ2n) is 3.75. The zero-order chi connectivity index (χ0) is 15.6. The molecular formula is C12H6BrClF3NO3. The molecule has 1 heterocycles. The van der Waals surface area contributed by atoms with Crippen molar-refractivity contribution in [2.45, 2.75) is 6.36 Å². The predicted molar refractivity (Wildman–Crippen MR) is 72.5 cm³/mol. The Balaban J connectivity index is 2.11. The molecule has 0 atom stereocenters. The summed E-state index contributed by atoms with van der Waals surface area (Å²) in [7, 11) is 0. The first-order chi connectivity index (χ1) is 9.74. The van der Waals surface area contributed by atoms with Crippen LogP contribution in [-0.4, -0.2) is 12.3 Å². The van der Waals surface area contributed by atoms with E-state index in [9.17, 15) is 18.0 Å². The lowest BCUT2D eigenvalue weighted by Gasteiger charge is -2.11. The summed E-state index contributed by atoms with van der Waals surface area (Å²) in [6.07, 6.45) is -4.79. The number of carbonyl (C=O) groups is 1. The highest BCUT2D eigenvalue weighted by Crippen LogP contribution is 2.32. The van der Waals surface area contributed by atoms with Crippen LogP contribution < -0.4 is 10.1 Å². The zero-order valence-electron chi connectivity index (χ0n) is 10.0. The van der Waals surface area contributed by atoms with E-state index in [0.29, 0.717) is 0 Å². The van der Waals surface area contributed by atoms with Crippen molar-refractivity contribution in [1.29, 1.82) is 0 Å². The normalized spacial score (nSPS) is 11.3. The van der Waals surface area contributed by atoms with Gasteiger partial charge < -0.3 is 14.5 Å². The number of halogens is 5. The minimum atomic E-state index is -4.79. The van der Waals surface area contributed by atoms with E-state index < -0.39 is 18.0 Å². The average molecular weight is 385 g/mol. The molecule has 0 saturated carbocycles. The fraction of sp³-hybridized carbons (Fsp3) is 0.0833. The van der Waals surface area contributed by atoms with Crippen LogP contribution in [-0.2, 0) is 0 Å². The molecule has 0 fully saturated rings. The molecule has 4 nitrogen and oxygen atoms in total. The molecule has 1 amide bonds. The lowest BCUT2D eigenvalue weighted by atomic mass is 10.3. The number of furan rings is 1. The maximum atomic E-state index is 12.1. The maximum Gasteiger partial charge on any atom is 0.573 e. The molecule has 0 unspecified atom stereocenters. The molecule has 1 aromatic heterocycles. The number of carbonyl (C=O) groups excluding carboxylic acids is 1. The second-order valence-corrected chi connectivity index (χ2v) is 4.98. The number of ether oxygens (including phenoxy) is 1. The molecule has 0 aliphatic carbocycles. The molecule has 1 aromatic carbocycles. The van der Waals surface area contributed by atoms with Gasteiger partial charge in [-0.2, -0.15) is 0 Å². The SMILES string of the molecule is O=C(Nc1ccc(OC(F)(F)F)c(Br)c1)c1ccc(Cl)o1. The molecule has 112 valence electrons. The van der Waals surface area contributed by atoms with Crippen molar-refractivity contribution in [2.75, 3.05) is 5.32 Å². The van der Waals surface area contributed by atoms with Crippen molar-refractivity contribution >= 4 is 39.1 Å². The van der Waals surface area contributed by atoms with Gasteiger partial charge in [0, 0.05) is 5.69 Å². The third-order valence-electron chi connectivity index (χ3n) is 2.21. The summed E-state index contributed by atoms with van der Waals surface area (Å²) < 4.78 is 45.1. The van der Waals surface area contributed by atoms with Gasteiger partial charge in [0.25, 0.3) is 5.91 Å². The van der Waals surface area contributed by atoms with Gasteiger partial charge >= 0.3 is 6.36 Å². The number of nitrogens with one attached hydrogen (secondary N) is 1. The van der Waals surface area contributed by atoms with E-state index in [1.807, 2.05) is 0 Å². The molecule has 0 bridgehead atoms. The summed E-state index contributed by atoms with van der Waals surface area (Å²) >= 11 is 8.47. The Morgan fingerprint density at radius 2 is 2.00 bits per heavy atom. The van der Waals surface area contributed by atoms with Gasteiger partial charge in [-0.15, -0.1) is 13.2 Å². The van der Waals surface area contributed by atoms with Gasteiger partial charge in [0.1, 0.15) is 5.75 Å². The summed E-state index contributed by atoms with van der Waals surface area (Å²) in [5.74, 6) is -1.02. The predicted octanol–water partition coefficient (Wildman–Crippen LogP) is 4.85. The number of amides is 1. The average Bonchev–Trinajstić information content (AvgIpc) is 2.78. The summed E-state index contributed by atoms with van der Waals surface area (Å²) in [5, 5.41) is 2.50. The molecule has 1 N–H and O–H groups in total. The van der Waals surface area contributed by atoms with Gasteiger partial charge in [-0.25, -0.2) is 0 Å². The van der Waals surface area contributed by atoms with Crippen molar-refractivity contribution < 1.29 is 27.1 Å².